The molecule has 5 heteroatoms. The van der Waals surface area contributed by atoms with E-state index in [2.05, 4.69) is 31.2 Å². The van der Waals surface area contributed by atoms with Crippen molar-refractivity contribution in [3.8, 4) is 0 Å². The molecule has 2 amide bonds. The van der Waals surface area contributed by atoms with Gasteiger partial charge in [-0.1, -0.05) is 50.1 Å². The lowest BCUT2D eigenvalue weighted by atomic mass is 9.88. The zero-order chi connectivity index (χ0) is 17.4. The van der Waals surface area contributed by atoms with E-state index in [1.807, 2.05) is 11.0 Å². The van der Waals surface area contributed by atoms with Crippen LogP contribution < -0.4 is 0 Å². The van der Waals surface area contributed by atoms with Crippen LogP contribution in [-0.2, 0) is 9.59 Å². The molecule has 1 atom stereocenters. The number of piperidine rings is 1. The van der Waals surface area contributed by atoms with E-state index < -0.39 is 0 Å². The van der Waals surface area contributed by atoms with E-state index in [1.165, 1.54) is 5.56 Å². The third-order valence-corrected chi connectivity index (χ3v) is 4.86. The number of rotatable bonds is 8. The number of amides is 2. The molecule has 0 aliphatic carbocycles. The molecule has 1 saturated heterocycles. The Morgan fingerprint density at radius 3 is 2.58 bits per heavy atom. The highest BCUT2D eigenvalue weighted by Gasteiger charge is 2.29. The predicted octanol–water partition coefficient (Wildman–Crippen LogP) is 3.05. The highest BCUT2D eigenvalue weighted by atomic mass is 16.5. The Kier molecular flexibility index (Phi) is 7.25. The zero-order valence-electron chi connectivity index (χ0n) is 14.4. The minimum atomic E-state index is -0.312. The maximum absolute atomic E-state index is 12.8. The molecule has 1 aliphatic heterocycles. The van der Waals surface area contributed by atoms with Crippen molar-refractivity contribution in [2.24, 2.45) is 5.92 Å². The molecule has 0 aromatic heterocycles. The number of nitrogens with zero attached hydrogens (tertiary/aromatic N) is 2. The molecule has 0 radical (unpaired) electrons. The van der Waals surface area contributed by atoms with Gasteiger partial charge in [0.25, 0.3) is 0 Å². The summed E-state index contributed by atoms with van der Waals surface area (Å²) in [5.41, 5.74) is 1.34. The van der Waals surface area contributed by atoms with Gasteiger partial charge in [-0.25, -0.2) is 5.06 Å². The normalized spacial score (nSPS) is 16.7. The second kappa shape index (κ2) is 9.42. The second-order valence-corrected chi connectivity index (χ2v) is 6.58. The van der Waals surface area contributed by atoms with Crippen LogP contribution in [0.3, 0.4) is 0 Å². The van der Waals surface area contributed by atoms with Crippen LogP contribution in [-0.4, -0.2) is 47.1 Å². The summed E-state index contributed by atoms with van der Waals surface area (Å²) in [6, 6.07) is 10.4. The van der Waals surface area contributed by atoms with Crippen molar-refractivity contribution in [2.75, 3.05) is 19.6 Å². The van der Waals surface area contributed by atoms with Crippen LogP contribution in [0.5, 0.6) is 0 Å². The van der Waals surface area contributed by atoms with E-state index in [-0.39, 0.29) is 18.4 Å². The first-order chi connectivity index (χ1) is 11.7. The molecule has 132 valence electrons. The van der Waals surface area contributed by atoms with Crippen molar-refractivity contribution in [1.82, 2.24) is 9.96 Å². The third kappa shape index (κ3) is 5.06. The minimum Gasteiger partial charge on any atom is -0.342 e. The van der Waals surface area contributed by atoms with Crippen molar-refractivity contribution in [2.45, 2.75) is 44.9 Å². The summed E-state index contributed by atoms with van der Waals surface area (Å²) in [5.74, 6) is 0.262. The van der Waals surface area contributed by atoms with Crippen molar-refractivity contribution in [1.29, 1.82) is 0 Å². The van der Waals surface area contributed by atoms with Gasteiger partial charge in [-0.2, -0.15) is 0 Å². The largest absolute Gasteiger partial charge is 0.342 e. The fourth-order valence-electron chi connectivity index (χ4n) is 3.43. The summed E-state index contributed by atoms with van der Waals surface area (Å²) in [6.45, 7) is 3.64. The van der Waals surface area contributed by atoms with Crippen molar-refractivity contribution in [3.05, 3.63) is 35.9 Å². The zero-order valence-corrected chi connectivity index (χ0v) is 14.4. The first-order valence-electron chi connectivity index (χ1n) is 8.90. The van der Waals surface area contributed by atoms with Gasteiger partial charge in [0.2, 0.25) is 12.3 Å². The van der Waals surface area contributed by atoms with E-state index in [0.717, 1.165) is 38.8 Å². The van der Waals surface area contributed by atoms with Crippen LogP contribution in [0, 0.1) is 5.92 Å². The molecular weight excluding hydrogens is 304 g/mol. The molecular formula is C19H28N2O3. The highest BCUT2D eigenvalue weighted by molar-refractivity contribution is 5.79. The van der Waals surface area contributed by atoms with Crippen LogP contribution in [0.25, 0.3) is 0 Å². The van der Waals surface area contributed by atoms with Crippen LogP contribution in [0.4, 0.5) is 0 Å². The second-order valence-electron chi connectivity index (χ2n) is 6.58. The molecule has 2 rings (SSSR count). The molecule has 0 spiro atoms. The minimum absolute atomic E-state index is 0.0656. The summed E-state index contributed by atoms with van der Waals surface area (Å²) in [5, 5.41) is 10.1. The molecule has 1 N–H and O–H groups in total. The van der Waals surface area contributed by atoms with E-state index in [0.29, 0.717) is 23.8 Å². The summed E-state index contributed by atoms with van der Waals surface area (Å²) in [6.07, 6.45) is 4.92. The summed E-state index contributed by atoms with van der Waals surface area (Å²) in [7, 11) is 0. The Balaban J connectivity index is 1.92. The molecule has 0 bridgehead atoms. The molecule has 24 heavy (non-hydrogen) atoms. The average Bonchev–Trinajstić information content (AvgIpc) is 2.65. The summed E-state index contributed by atoms with van der Waals surface area (Å²) < 4.78 is 0. The van der Waals surface area contributed by atoms with Crippen LogP contribution in [0.15, 0.2) is 30.3 Å². The Labute approximate surface area is 144 Å². The molecule has 1 heterocycles. The fraction of sp³-hybridized carbons (Fsp3) is 0.579. The Morgan fingerprint density at radius 2 is 2.00 bits per heavy atom. The number of unbranched alkanes of at least 4 members (excludes halogenated alkanes) is 1. The number of benzene rings is 1. The molecule has 1 fully saturated rings. The van der Waals surface area contributed by atoms with Gasteiger partial charge in [0.1, 0.15) is 0 Å². The van der Waals surface area contributed by atoms with E-state index >= 15 is 0 Å². The number of carbonyl (C=O) groups is 2. The molecule has 0 saturated carbocycles. The number of likely N-dealkylation sites (tertiary alicyclic amines) is 1. The molecule has 1 aliphatic rings. The molecule has 1 aromatic carbocycles. The average molecular weight is 332 g/mol. The van der Waals surface area contributed by atoms with Crippen molar-refractivity contribution in [3.63, 3.8) is 0 Å². The van der Waals surface area contributed by atoms with Crippen LogP contribution in [0.2, 0.25) is 0 Å². The first-order valence-corrected chi connectivity index (χ1v) is 8.90. The highest BCUT2D eigenvalue weighted by Crippen LogP contribution is 2.28. The Hall–Kier alpha value is -1.88. The van der Waals surface area contributed by atoms with Crippen LogP contribution in [0.1, 0.15) is 50.5 Å². The lowest BCUT2D eigenvalue weighted by Crippen LogP contribution is -2.44. The number of hydrogen-bond acceptors (Lipinski definition) is 3. The molecule has 0 unspecified atom stereocenters. The van der Waals surface area contributed by atoms with Gasteiger partial charge in [0.15, 0.2) is 0 Å². The third-order valence-electron chi connectivity index (χ3n) is 4.86. The monoisotopic (exact) mass is 332 g/mol. The van der Waals surface area contributed by atoms with Gasteiger partial charge in [-0.05, 0) is 30.7 Å². The lowest BCUT2D eigenvalue weighted by Gasteiger charge is -2.35. The van der Waals surface area contributed by atoms with Crippen LogP contribution >= 0.6 is 0 Å². The smallest absolute Gasteiger partial charge is 0.233 e. The number of hydrogen-bond donors (Lipinski definition) is 1. The molecule has 5 nitrogen and oxygen atoms in total. The quantitative estimate of drug-likeness (QED) is 0.452. The predicted molar refractivity (Wildman–Crippen MR) is 92.6 cm³/mol. The SMILES string of the molecule is CCCC[C@H](CN(O)C=O)C(=O)N1CCC(c2ccccc2)CC1. The first kappa shape index (κ1) is 18.5. The summed E-state index contributed by atoms with van der Waals surface area (Å²) >= 11 is 0. The standard InChI is InChI=1S/C19H28N2O3/c1-2-3-7-18(14-21(24)15-22)19(23)20-12-10-17(11-13-20)16-8-5-4-6-9-16/h4-6,8-9,15,17-18,24H,2-3,7,10-14H2,1H3/t18-/m1/s1. The van der Waals surface area contributed by atoms with E-state index in [1.54, 1.807) is 0 Å². The topological polar surface area (TPSA) is 60.9 Å². The van der Waals surface area contributed by atoms with Gasteiger partial charge in [0, 0.05) is 13.1 Å². The lowest BCUT2D eigenvalue weighted by molar-refractivity contribution is -0.157. The van der Waals surface area contributed by atoms with Gasteiger partial charge in [-0.15, -0.1) is 0 Å². The fourth-order valence-corrected chi connectivity index (χ4v) is 3.43. The van der Waals surface area contributed by atoms with Gasteiger partial charge >= 0.3 is 0 Å². The summed E-state index contributed by atoms with van der Waals surface area (Å²) in [4.78, 5) is 25.3. The van der Waals surface area contributed by atoms with E-state index in [9.17, 15) is 14.8 Å². The molecule has 1 aromatic rings. The van der Waals surface area contributed by atoms with Crippen molar-refractivity contribution < 1.29 is 14.8 Å². The maximum Gasteiger partial charge on any atom is 0.233 e. The Morgan fingerprint density at radius 1 is 1.33 bits per heavy atom. The van der Waals surface area contributed by atoms with E-state index in [4.69, 9.17) is 0 Å². The maximum atomic E-state index is 12.8. The number of hydroxylamine groups is 2. The van der Waals surface area contributed by atoms with Crippen molar-refractivity contribution >= 4 is 12.3 Å². The number of carbonyl (C=O) groups excluding carboxylic acids is 2. The Bertz CT molecular complexity index is 513. The van der Waals surface area contributed by atoms with Gasteiger partial charge in [-0.3, -0.25) is 14.8 Å². The van der Waals surface area contributed by atoms with Gasteiger partial charge < -0.3 is 4.90 Å². The van der Waals surface area contributed by atoms with Gasteiger partial charge in [0.05, 0.1) is 12.5 Å².